The second kappa shape index (κ2) is 8.31. The minimum Gasteiger partial charge on any atom is -0.494 e. The average Bonchev–Trinajstić information content (AvgIpc) is 2.59. The number of hydrogen-bond acceptors (Lipinski definition) is 4. The van der Waals surface area contributed by atoms with Crippen LogP contribution in [0.4, 0.5) is 10.1 Å². The summed E-state index contributed by atoms with van der Waals surface area (Å²) in [4.78, 5) is 12.1. The predicted octanol–water partition coefficient (Wildman–Crippen LogP) is 2.48. The van der Waals surface area contributed by atoms with Gasteiger partial charge in [0.1, 0.15) is 0 Å². The van der Waals surface area contributed by atoms with Crippen molar-refractivity contribution < 1.29 is 19.0 Å². The van der Waals surface area contributed by atoms with E-state index >= 15 is 0 Å². The van der Waals surface area contributed by atoms with Crippen LogP contribution in [0, 0.1) is 12.7 Å². The molecule has 0 unspecified atom stereocenters. The summed E-state index contributed by atoms with van der Waals surface area (Å²) >= 11 is 0. The van der Waals surface area contributed by atoms with Gasteiger partial charge in [-0.1, -0.05) is 12.1 Å². The van der Waals surface area contributed by atoms with Crippen molar-refractivity contribution >= 4 is 11.6 Å². The van der Waals surface area contributed by atoms with Gasteiger partial charge in [-0.05, 0) is 42.3 Å². The van der Waals surface area contributed by atoms with Crippen molar-refractivity contribution in [3.63, 3.8) is 0 Å². The maximum absolute atomic E-state index is 13.7. The smallest absolute Gasteiger partial charge is 0.251 e. The molecule has 0 heterocycles. The predicted molar refractivity (Wildman–Crippen MR) is 90.9 cm³/mol. The van der Waals surface area contributed by atoms with Gasteiger partial charge >= 0.3 is 0 Å². The van der Waals surface area contributed by atoms with Crippen molar-refractivity contribution in [1.82, 2.24) is 5.32 Å². The molecule has 0 saturated carbocycles. The number of halogens is 1. The Labute approximate surface area is 140 Å². The van der Waals surface area contributed by atoms with Gasteiger partial charge in [0.15, 0.2) is 11.6 Å². The van der Waals surface area contributed by atoms with Gasteiger partial charge in [0.2, 0.25) is 0 Å². The monoisotopic (exact) mass is 332 g/mol. The second-order valence-corrected chi connectivity index (χ2v) is 5.28. The van der Waals surface area contributed by atoms with Crippen LogP contribution in [0.1, 0.15) is 21.5 Å². The molecule has 0 atom stereocenters. The number of aliphatic hydroxyl groups is 1. The fraction of sp³-hybridized carbons (Fsp3) is 0.278. The molecule has 0 bridgehead atoms. The molecule has 0 aliphatic heterocycles. The second-order valence-electron chi connectivity index (χ2n) is 5.28. The molecular weight excluding hydrogens is 311 g/mol. The molecule has 0 aliphatic carbocycles. The molecule has 128 valence electrons. The van der Waals surface area contributed by atoms with Crippen LogP contribution < -0.4 is 15.4 Å². The lowest BCUT2D eigenvalue weighted by atomic mass is 10.1. The van der Waals surface area contributed by atoms with Crippen LogP contribution in [-0.4, -0.2) is 31.3 Å². The zero-order valence-electron chi connectivity index (χ0n) is 13.7. The maximum Gasteiger partial charge on any atom is 0.251 e. The third-order valence-electron chi connectivity index (χ3n) is 3.67. The highest BCUT2D eigenvalue weighted by Crippen LogP contribution is 2.21. The van der Waals surface area contributed by atoms with E-state index in [1.54, 1.807) is 24.3 Å². The molecule has 2 rings (SSSR count). The summed E-state index contributed by atoms with van der Waals surface area (Å²) in [6, 6.07) is 10.1. The van der Waals surface area contributed by atoms with Gasteiger partial charge in [0.05, 0.1) is 13.7 Å². The molecule has 0 saturated heterocycles. The van der Waals surface area contributed by atoms with Gasteiger partial charge in [-0.25, -0.2) is 4.39 Å². The van der Waals surface area contributed by atoms with Gasteiger partial charge in [-0.2, -0.15) is 0 Å². The summed E-state index contributed by atoms with van der Waals surface area (Å²) in [5, 5.41) is 14.6. The highest BCUT2D eigenvalue weighted by Gasteiger charge is 2.11. The molecule has 1 amide bonds. The van der Waals surface area contributed by atoms with Crippen LogP contribution in [0.5, 0.6) is 5.75 Å². The van der Waals surface area contributed by atoms with Crippen LogP contribution in [0.25, 0.3) is 0 Å². The number of aliphatic hydroxyl groups excluding tert-OH is 1. The minimum atomic E-state index is -0.411. The van der Waals surface area contributed by atoms with Crippen molar-refractivity contribution in [2.24, 2.45) is 0 Å². The van der Waals surface area contributed by atoms with Crippen molar-refractivity contribution in [1.29, 1.82) is 0 Å². The Hall–Kier alpha value is -2.60. The summed E-state index contributed by atoms with van der Waals surface area (Å²) in [7, 11) is 1.42. The number of hydrogen-bond donors (Lipinski definition) is 3. The fourth-order valence-corrected chi connectivity index (χ4v) is 2.35. The van der Waals surface area contributed by atoms with Crippen LogP contribution in [-0.2, 0) is 6.54 Å². The van der Waals surface area contributed by atoms with E-state index in [0.29, 0.717) is 12.1 Å². The molecule has 2 aromatic carbocycles. The van der Waals surface area contributed by atoms with Crippen LogP contribution >= 0.6 is 0 Å². The van der Waals surface area contributed by atoms with E-state index in [4.69, 9.17) is 9.84 Å². The number of nitrogens with one attached hydrogen (secondary N) is 2. The number of carbonyl (C=O) groups is 1. The quantitative estimate of drug-likeness (QED) is 0.728. The van der Waals surface area contributed by atoms with Crippen molar-refractivity contribution in [2.45, 2.75) is 13.5 Å². The Morgan fingerprint density at radius 3 is 2.75 bits per heavy atom. The molecule has 2 aromatic rings. The molecule has 0 aromatic heterocycles. The highest BCUT2D eigenvalue weighted by molar-refractivity contribution is 5.97. The Bertz CT molecular complexity index is 719. The normalized spacial score (nSPS) is 10.3. The van der Waals surface area contributed by atoms with E-state index in [-0.39, 0.29) is 24.8 Å². The lowest BCUT2D eigenvalue weighted by Gasteiger charge is -2.14. The van der Waals surface area contributed by atoms with Crippen molar-refractivity contribution in [2.75, 3.05) is 25.6 Å². The molecule has 0 spiro atoms. The SMILES string of the molecule is COc1ccc(CNc2cccc(C(=O)NCCO)c2C)cc1F. The Morgan fingerprint density at radius 2 is 2.08 bits per heavy atom. The molecule has 0 radical (unpaired) electrons. The summed E-state index contributed by atoms with van der Waals surface area (Å²) in [5.74, 6) is -0.441. The van der Waals surface area contributed by atoms with Gasteiger partial charge in [-0.15, -0.1) is 0 Å². The third kappa shape index (κ3) is 4.23. The summed E-state index contributed by atoms with van der Waals surface area (Å²) < 4.78 is 18.6. The first kappa shape index (κ1) is 17.7. The largest absolute Gasteiger partial charge is 0.494 e. The van der Waals surface area contributed by atoms with Gasteiger partial charge < -0.3 is 20.5 Å². The number of anilines is 1. The number of methoxy groups -OCH3 is 1. The first-order valence-electron chi connectivity index (χ1n) is 7.61. The standard InChI is InChI=1S/C18H21FN2O3/c1-12-14(18(23)20-8-9-22)4-3-5-16(12)21-11-13-6-7-17(24-2)15(19)10-13/h3-7,10,21-22H,8-9,11H2,1-2H3,(H,20,23). The summed E-state index contributed by atoms with van der Waals surface area (Å²) in [6.45, 7) is 2.36. The van der Waals surface area contributed by atoms with Gasteiger partial charge in [0.25, 0.3) is 5.91 Å². The topological polar surface area (TPSA) is 70.6 Å². The van der Waals surface area contributed by atoms with E-state index in [1.165, 1.54) is 13.2 Å². The van der Waals surface area contributed by atoms with E-state index in [1.807, 2.05) is 13.0 Å². The van der Waals surface area contributed by atoms with Crippen molar-refractivity contribution in [3.8, 4) is 5.75 Å². The van der Waals surface area contributed by atoms with Crippen LogP contribution in [0.3, 0.4) is 0 Å². The van der Waals surface area contributed by atoms with Gasteiger partial charge in [-0.3, -0.25) is 4.79 Å². The Balaban J connectivity index is 2.10. The fourth-order valence-electron chi connectivity index (χ4n) is 2.35. The zero-order valence-corrected chi connectivity index (χ0v) is 13.7. The molecule has 3 N–H and O–H groups in total. The van der Waals surface area contributed by atoms with Crippen LogP contribution in [0.15, 0.2) is 36.4 Å². The number of benzene rings is 2. The lowest BCUT2D eigenvalue weighted by molar-refractivity contribution is 0.0944. The van der Waals surface area contributed by atoms with E-state index in [9.17, 15) is 9.18 Å². The van der Waals surface area contributed by atoms with E-state index in [2.05, 4.69) is 10.6 Å². The molecule has 24 heavy (non-hydrogen) atoms. The summed E-state index contributed by atoms with van der Waals surface area (Å²) in [6.07, 6.45) is 0. The first-order valence-corrected chi connectivity index (χ1v) is 7.61. The minimum absolute atomic E-state index is 0.105. The molecule has 0 fully saturated rings. The molecular formula is C18H21FN2O3. The molecule has 5 nitrogen and oxygen atoms in total. The highest BCUT2D eigenvalue weighted by atomic mass is 19.1. The van der Waals surface area contributed by atoms with Gasteiger partial charge in [0, 0.05) is 24.3 Å². The van der Waals surface area contributed by atoms with Crippen LogP contribution in [0.2, 0.25) is 0 Å². The van der Waals surface area contributed by atoms with Crippen molar-refractivity contribution in [3.05, 3.63) is 58.9 Å². The number of carbonyl (C=O) groups excluding carboxylic acids is 1. The molecule has 0 aliphatic rings. The average molecular weight is 332 g/mol. The zero-order chi connectivity index (χ0) is 17.5. The van der Waals surface area contributed by atoms with E-state index in [0.717, 1.165) is 16.8 Å². The number of amides is 1. The number of ether oxygens (including phenoxy) is 1. The lowest BCUT2D eigenvalue weighted by Crippen LogP contribution is -2.27. The number of rotatable bonds is 7. The first-order chi connectivity index (χ1) is 11.6. The Morgan fingerprint density at radius 1 is 1.29 bits per heavy atom. The maximum atomic E-state index is 13.7. The summed E-state index contributed by atoms with van der Waals surface area (Å²) in [5.41, 5.74) is 2.89. The Kier molecular flexibility index (Phi) is 6.14. The van der Waals surface area contributed by atoms with E-state index < -0.39 is 5.82 Å². The third-order valence-corrected chi connectivity index (χ3v) is 3.67. The molecule has 6 heteroatoms.